The van der Waals surface area contributed by atoms with Gasteiger partial charge in [-0.2, -0.15) is 12.7 Å². The number of carboxylic acids is 1. The van der Waals surface area contributed by atoms with Crippen LogP contribution in [0.2, 0.25) is 0 Å². The SMILES string of the molecule is CCCCCCCCCCCCC(Oc1ccc(NS(=O)(=O)N(CCC)CCC)cc1)C(=O)O. The Bertz CT molecular complexity index is 762. The third-order valence-electron chi connectivity index (χ3n) is 5.76. The van der Waals surface area contributed by atoms with Crippen LogP contribution in [0, 0.1) is 0 Å². The molecular formula is C26H46N2O5S. The summed E-state index contributed by atoms with van der Waals surface area (Å²) in [6, 6.07) is 6.41. The Morgan fingerprint density at radius 1 is 0.853 bits per heavy atom. The van der Waals surface area contributed by atoms with Crippen molar-refractivity contribution in [2.75, 3.05) is 17.8 Å². The fourth-order valence-corrected chi connectivity index (χ4v) is 5.29. The number of aliphatic carboxylic acids is 1. The fourth-order valence-electron chi connectivity index (χ4n) is 3.88. The molecule has 1 aromatic rings. The lowest BCUT2D eigenvalue weighted by Crippen LogP contribution is -2.37. The van der Waals surface area contributed by atoms with Crippen molar-refractivity contribution < 1.29 is 23.1 Å². The molecule has 0 amide bonds. The van der Waals surface area contributed by atoms with Crippen LogP contribution < -0.4 is 9.46 Å². The van der Waals surface area contributed by atoms with E-state index in [4.69, 9.17) is 4.74 Å². The number of anilines is 1. The summed E-state index contributed by atoms with van der Waals surface area (Å²) in [5.41, 5.74) is 0.422. The van der Waals surface area contributed by atoms with Gasteiger partial charge in [-0.05, 0) is 49.9 Å². The zero-order chi connectivity index (χ0) is 25.2. The molecule has 0 aliphatic rings. The van der Waals surface area contributed by atoms with Crippen molar-refractivity contribution in [1.29, 1.82) is 0 Å². The smallest absolute Gasteiger partial charge is 0.344 e. The van der Waals surface area contributed by atoms with E-state index in [9.17, 15) is 18.3 Å². The van der Waals surface area contributed by atoms with E-state index in [1.165, 1.54) is 49.3 Å². The summed E-state index contributed by atoms with van der Waals surface area (Å²) in [5, 5.41) is 9.53. The fraction of sp³-hybridized carbons (Fsp3) is 0.731. The van der Waals surface area contributed by atoms with Gasteiger partial charge < -0.3 is 9.84 Å². The van der Waals surface area contributed by atoms with Crippen LogP contribution in [0.1, 0.15) is 104 Å². The summed E-state index contributed by atoms with van der Waals surface area (Å²) in [5.74, 6) is -0.558. The Balaban J connectivity index is 2.45. The number of hydrogen-bond donors (Lipinski definition) is 2. The minimum atomic E-state index is -3.63. The first-order valence-electron chi connectivity index (χ1n) is 13.1. The summed E-state index contributed by atoms with van der Waals surface area (Å²) in [7, 11) is -3.63. The molecule has 1 atom stereocenters. The molecule has 0 aromatic heterocycles. The second kappa shape index (κ2) is 17.6. The largest absolute Gasteiger partial charge is 0.479 e. The Kier molecular flexibility index (Phi) is 15.7. The molecule has 7 nitrogen and oxygen atoms in total. The average molecular weight is 499 g/mol. The van der Waals surface area contributed by atoms with Gasteiger partial charge in [-0.15, -0.1) is 0 Å². The molecule has 34 heavy (non-hydrogen) atoms. The summed E-state index contributed by atoms with van der Waals surface area (Å²) in [6.07, 6.45) is 13.0. The van der Waals surface area contributed by atoms with E-state index in [0.717, 1.165) is 32.1 Å². The lowest BCUT2D eigenvalue weighted by atomic mass is 10.0. The van der Waals surface area contributed by atoms with Crippen molar-refractivity contribution in [3.05, 3.63) is 24.3 Å². The van der Waals surface area contributed by atoms with Crippen LogP contribution in [0.5, 0.6) is 5.75 Å². The molecule has 0 bridgehead atoms. The molecule has 2 N–H and O–H groups in total. The second-order valence-corrected chi connectivity index (χ2v) is 10.6. The van der Waals surface area contributed by atoms with E-state index in [1.807, 2.05) is 13.8 Å². The van der Waals surface area contributed by atoms with Crippen molar-refractivity contribution in [2.45, 2.75) is 110 Å². The molecule has 0 aliphatic carbocycles. The maximum Gasteiger partial charge on any atom is 0.344 e. The minimum Gasteiger partial charge on any atom is -0.479 e. The average Bonchev–Trinajstić information content (AvgIpc) is 2.80. The van der Waals surface area contributed by atoms with Crippen LogP contribution in [0.4, 0.5) is 5.69 Å². The zero-order valence-electron chi connectivity index (χ0n) is 21.4. The number of unbranched alkanes of at least 4 members (excludes halogenated alkanes) is 9. The first-order chi connectivity index (χ1) is 16.3. The molecule has 1 aromatic carbocycles. The minimum absolute atomic E-state index is 0.418. The standard InChI is InChI=1S/C26H46N2O5S/c1-4-7-8-9-10-11-12-13-14-15-16-25(26(29)30)33-24-19-17-23(18-20-24)27-34(31,32)28(21-5-2)22-6-3/h17-20,25,27H,4-16,21-22H2,1-3H3,(H,29,30). The third kappa shape index (κ3) is 12.6. The topological polar surface area (TPSA) is 95.9 Å². The van der Waals surface area contributed by atoms with Crippen LogP contribution >= 0.6 is 0 Å². The van der Waals surface area contributed by atoms with E-state index in [2.05, 4.69) is 11.6 Å². The highest BCUT2D eigenvalue weighted by Gasteiger charge is 2.21. The summed E-state index contributed by atoms with van der Waals surface area (Å²) < 4.78 is 34.9. The van der Waals surface area contributed by atoms with Crippen molar-refractivity contribution >= 4 is 21.9 Å². The molecule has 0 saturated carbocycles. The van der Waals surface area contributed by atoms with Gasteiger partial charge in [0.1, 0.15) is 5.75 Å². The molecular weight excluding hydrogens is 452 g/mol. The predicted octanol–water partition coefficient (Wildman–Crippen LogP) is 6.61. The maximum absolute atomic E-state index is 12.6. The number of carbonyl (C=O) groups is 1. The quantitative estimate of drug-likeness (QED) is 0.186. The highest BCUT2D eigenvalue weighted by molar-refractivity contribution is 7.90. The van der Waals surface area contributed by atoms with Gasteiger partial charge >= 0.3 is 16.2 Å². The Hall–Kier alpha value is -1.80. The van der Waals surface area contributed by atoms with E-state index in [-0.39, 0.29) is 0 Å². The highest BCUT2D eigenvalue weighted by Crippen LogP contribution is 2.21. The van der Waals surface area contributed by atoms with Crippen LogP contribution in [0.25, 0.3) is 0 Å². The number of benzene rings is 1. The van der Waals surface area contributed by atoms with Crippen LogP contribution in [-0.2, 0) is 15.0 Å². The van der Waals surface area contributed by atoms with Crippen molar-refractivity contribution in [1.82, 2.24) is 4.31 Å². The Labute approximate surface area is 207 Å². The Morgan fingerprint density at radius 3 is 1.82 bits per heavy atom. The van der Waals surface area contributed by atoms with Crippen molar-refractivity contribution in [2.24, 2.45) is 0 Å². The maximum atomic E-state index is 12.6. The third-order valence-corrected chi connectivity index (χ3v) is 7.30. The molecule has 0 fully saturated rings. The first-order valence-corrected chi connectivity index (χ1v) is 14.5. The predicted molar refractivity (Wildman–Crippen MR) is 140 cm³/mol. The molecule has 196 valence electrons. The summed E-state index contributed by atoms with van der Waals surface area (Å²) in [4.78, 5) is 11.6. The molecule has 1 unspecified atom stereocenters. The molecule has 0 radical (unpaired) electrons. The van der Waals surface area contributed by atoms with Gasteiger partial charge in [-0.25, -0.2) is 4.79 Å². The van der Waals surface area contributed by atoms with Gasteiger partial charge in [-0.1, -0.05) is 78.6 Å². The van der Waals surface area contributed by atoms with Crippen LogP contribution in [-0.4, -0.2) is 43.0 Å². The monoisotopic (exact) mass is 498 g/mol. The first kappa shape index (κ1) is 30.2. The number of nitrogens with zero attached hydrogens (tertiary/aromatic N) is 1. The van der Waals surface area contributed by atoms with Crippen molar-refractivity contribution in [3.63, 3.8) is 0 Å². The van der Waals surface area contributed by atoms with E-state index in [0.29, 0.717) is 30.9 Å². The van der Waals surface area contributed by atoms with Gasteiger partial charge in [0.25, 0.3) is 0 Å². The number of nitrogens with one attached hydrogen (secondary N) is 1. The lowest BCUT2D eigenvalue weighted by molar-refractivity contribution is -0.145. The highest BCUT2D eigenvalue weighted by atomic mass is 32.2. The molecule has 0 saturated heterocycles. The van der Waals surface area contributed by atoms with E-state index < -0.39 is 22.3 Å². The summed E-state index contributed by atoms with van der Waals surface area (Å²) >= 11 is 0. The zero-order valence-corrected chi connectivity index (χ0v) is 22.2. The molecule has 8 heteroatoms. The van der Waals surface area contributed by atoms with E-state index >= 15 is 0 Å². The number of carboxylic acid groups (broad SMARTS) is 1. The lowest BCUT2D eigenvalue weighted by Gasteiger charge is -2.22. The molecule has 0 spiro atoms. The number of rotatable bonds is 21. The Morgan fingerprint density at radius 2 is 1.35 bits per heavy atom. The van der Waals surface area contributed by atoms with Gasteiger partial charge in [0.15, 0.2) is 6.10 Å². The number of hydrogen-bond acceptors (Lipinski definition) is 4. The van der Waals surface area contributed by atoms with E-state index in [1.54, 1.807) is 24.3 Å². The van der Waals surface area contributed by atoms with Crippen molar-refractivity contribution in [3.8, 4) is 5.75 Å². The van der Waals surface area contributed by atoms with Gasteiger partial charge in [-0.3, -0.25) is 4.72 Å². The molecule has 0 heterocycles. The van der Waals surface area contributed by atoms with Gasteiger partial charge in [0, 0.05) is 13.1 Å². The molecule has 0 aliphatic heterocycles. The van der Waals surface area contributed by atoms with Gasteiger partial charge in [0.05, 0.1) is 5.69 Å². The number of ether oxygens (including phenoxy) is 1. The van der Waals surface area contributed by atoms with Crippen LogP contribution in [0.15, 0.2) is 24.3 Å². The normalized spacial score (nSPS) is 12.6. The van der Waals surface area contributed by atoms with Crippen LogP contribution in [0.3, 0.4) is 0 Å². The molecule has 1 rings (SSSR count). The second-order valence-electron chi connectivity index (χ2n) is 8.95. The van der Waals surface area contributed by atoms with Gasteiger partial charge in [0.2, 0.25) is 0 Å². The summed E-state index contributed by atoms with van der Waals surface area (Å²) in [6.45, 7) is 7.04.